The fourth-order valence-electron chi connectivity index (χ4n) is 0.802. The summed E-state index contributed by atoms with van der Waals surface area (Å²) in [5.41, 5.74) is 0. The van der Waals surface area contributed by atoms with Crippen LogP contribution in [0.4, 0.5) is 4.79 Å². The molecule has 0 aliphatic carbocycles. The monoisotopic (exact) mass is 315 g/mol. The van der Waals surface area contributed by atoms with Gasteiger partial charge < -0.3 is 14.8 Å². The third-order valence-corrected chi connectivity index (χ3v) is 2.07. The van der Waals surface area contributed by atoms with Crippen LogP contribution in [0.5, 0.6) is 0 Å². The van der Waals surface area contributed by atoms with Crippen LogP contribution in [0.1, 0.15) is 13.3 Å². The topological polar surface area (TPSA) is 64.6 Å². The summed E-state index contributed by atoms with van der Waals surface area (Å²) in [7, 11) is 1.25. The Balaban J connectivity index is 4.13. The van der Waals surface area contributed by atoms with Crippen molar-refractivity contribution < 1.29 is 19.1 Å². The normalized spacial score (nSPS) is 11.6. The molecule has 82 valence electrons. The molecule has 0 saturated heterocycles. The lowest BCUT2D eigenvalue weighted by Crippen LogP contribution is -2.42. The van der Waals surface area contributed by atoms with Gasteiger partial charge in [-0.05, 0) is 13.3 Å². The van der Waals surface area contributed by atoms with Gasteiger partial charge in [0.2, 0.25) is 0 Å². The summed E-state index contributed by atoms with van der Waals surface area (Å²) in [6.07, 6.45) is -0.0815. The second kappa shape index (κ2) is 7.84. The Labute approximate surface area is 96.7 Å². The van der Waals surface area contributed by atoms with Gasteiger partial charge in [-0.15, -0.1) is 0 Å². The summed E-state index contributed by atoms with van der Waals surface area (Å²) in [6, 6.07) is -0.612. The first-order chi connectivity index (χ1) is 6.65. The van der Waals surface area contributed by atoms with Crippen LogP contribution in [0.25, 0.3) is 0 Å². The van der Waals surface area contributed by atoms with Crippen LogP contribution in [0.2, 0.25) is 0 Å². The minimum Gasteiger partial charge on any atom is -0.464 e. The largest absolute Gasteiger partial charge is 0.464 e. The number of nitrogens with one attached hydrogen (secondary N) is 1. The molecule has 1 atom stereocenters. The molecule has 1 amide bonds. The van der Waals surface area contributed by atoms with Crippen molar-refractivity contribution in [3.63, 3.8) is 0 Å². The van der Waals surface area contributed by atoms with E-state index in [1.165, 1.54) is 7.11 Å². The van der Waals surface area contributed by atoms with E-state index in [0.717, 1.165) is 4.43 Å². The Hall–Kier alpha value is -0.530. The van der Waals surface area contributed by atoms with E-state index in [0.29, 0.717) is 13.0 Å². The third kappa shape index (κ3) is 5.25. The van der Waals surface area contributed by atoms with E-state index in [4.69, 9.17) is 4.74 Å². The zero-order chi connectivity index (χ0) is 11.0. The van der Waals surface area contributed by atoms with Crippen molar-refractivity contribution in [1.29, 1.82) is 0 Å². The van der Waals surface area contributed by atoms with Crippen molar-refractivity contribution >= 4 is 34.7 Å². The predicted octanol–water partition coefficient (Wildman–Crippen LogP) is 1.10. The number of alkyl halides is 1. The summed E-state index contributed by atoms with van der Waals surface area (Å²) in [5.74, 6) is -0.422. The number of methoxy groups -OCH3 is 1. The Morgan fingerprint density at radius 2 is 2.14 bits per heavy atom. The quantitative estimate of drug-likeness (QED) is 0.469. The van der Waals surface area contributed by atoms with Gasteiger partial charge in [0.05, 0.1) is 13.7 Å². The Bertz CT molecular complexity index is 198. The highest BCUT2D eigenvalue weighted by atomic mass is 127. The third-order valence-electron chi connectivity index (χ3n) is 1.45. The minimum atomic E-state index is -0.618. The number of amides is 1. The van der Waals surface area contributed by atoms with Crippen molar-refractivity contribution in [2.45, 2.75) is 19.4 Å². The summed E-state index contributed by atoms with van der Waals surface area (Å²) in [4.78, 5) is 22.2. The fourth-order valence-corrected chi connectivity index (χ4v) is 1.42. The van der Waals surface area contributed by atoms with E-state index < -0.39 is 18.1 Å². The number of esters is 1. The molecule has 0 aromatic carbocycles. The first kappa shape index (κ1) is 13.5. The molecule has 0 unspecified atom stereocenters. The average molecular weight is 315 g/mol. The van der Waals surface area contributed by atoms with Crippen molar-refractivity contribution in [3.8, 4) is 0 Å². The molecule has 0 aliphatic rings. The molecule has 0 aromatic rings. The maximum atomic E-state index is 11.3. The van der Waals surface area contributed by atoms with Gasteiger partial charge >= 0.3 is 12.1 Å². The van der Waals surface area contributed by atoms with E-state index in [1.54, 1.807) is 6.92 Å². The molecule has 0 bridgehead atoms. The molecule has 0 spiro atoms. The van der Waals surface area contributed by atoms with Crippen molar-refractivity contribution in [2.24, 2.45) is 0 Å². The van der Waals surface area contributed by atoms with Crippen LogP contribution >= 0.6 is 22.6 Å². The first-order valence-electron chi connectivity index (χ1n) is 4.22. The zero-order valence-corrected chi connectivity index (χ0v) is 10.4. The summed E-state index contributed by atoms with van der Waals surface area (Å²) < 4.78 is 9.94. The van der Waals surface area contributed by atoms with E-state index in [2.05, 4.69) is 32.6 Å². The second-order valence-corrected chi connectivity index (χ2v) is 3.50. The predicted molar refractivity (Wildman–Crippen MR) is 59.5 cm³/mol. The average Bonchev–Trinajstić information content (AvgIpc) is 2.17. The lowest BCUT2D eigenvalue weighted by atomic mass is 10.2. The highest BCUT2D eigenvalue weighted by Gasteiger charge is 2.21. The SMILES string of the molecule is CCOC(=O)[C@H](CCI)NC(=O)OC. The van der Waals surface area contributed by atoms with Gasteiger partial charge in [0, 0.05) is 4.43 Å². The molecule has 14 heavy (non-hydrogen) atoms. The van der Waals surface area contributed by atoms with Gasteiger partial charge in [-0.2, -0.15) is 0 Å². The van der Waals surface area contributed by atoms with Gasteiger partial charge in [-0.25, -0.2) is 9.59 Å². The van der Waals surface area contributed by atoms with Crippen LogP contribution in [-0.4, -0.2) is 36.2 Å². The number of halogens is 1. The molecule has 1 N–H and O–H groups in total. The number of carbonyl (C=O) groups is 2. The van der Waals surface area contributed by atoms with Gasteiger partial charge in [0.25, 0.3) is 0 Å². The molecule has 0 saturated carbocycles. The number of rotatable bonds is 5. The zero-order valence-electron chi connectivity index (χ0n) is 8.21. The molecule has 0 aliphatic heterocycles. The second-order valence-electron chi connectivity index (χ2n) is 2.42. The van der Waals surface area contributed by atoms with Gasteiger partial charge in [0.15, 0.2) is 0 Å². The number of alkyl carbamates (subject to hydrolysis) is 1. The number of hydrogen-bond acceptors (Lipinski definition) is 4. The van der Waals surface area contributed by atoms with Crippen LogP contribution in [-0.2, 0) is 14.3 Å². The molecular formula is C8H14INO4. The van der Waals surface area contributed by atoms with E-state index in [1.807, 2.05) is 0 Å². The molecule has 0 fully saturated rings. The highest BCUT2D eigenvalue weighted by molar-refractivity contribution is 14.1. The van der Waals surface area contributed by atoms with Crippen LogP contribution < -0.4 is 5.32 Å². The van der Waals surface area contributed by atoms with Crippen molar-refractivity contribution in [1.82, 2.24) is 5.32 Å². The first-order valence-corrected chi connectivity index (χ1v) is 5.75. The van der Waals surface area contributed by atoms with Crippen LogP contribution in [0.3, 0.4) is 0 Å². The molecule has 5 nitrogen and oxygen atoms in total. The summed E-state index contributed by atoms with van der Waals surface area (Å²) in [6.45, 7) is 2.02. The van der Waals surface area contributed by atoms with Gasteiger partial charge in [-0.3, -0.25) is 0 Å². The summed E-state index contributed by atoms with van der Waals surface area (Å²) >= 11 is 2.12. The molecule has 0 aromatic heterocycles. The fraction of sp³-hybridized carbons (Fsp3) is 0.750. The molecule has 0 rings (SSSR count). The number of ether oxygens (including phenoxy) is 2. The lowest BCUT2D eigenvalue weighted by molar-refractivity contribution is -0.145. The Morgan fingerprint density at radius 1 is 1.50 bits per heavy atom. The highest BCUT2D eigenvalue weighted by Crippen LogP contribution is 2.00. The van der Waals surface area contributed by atoms with E-state index >= 15 is 0 Å². The standard InChI is InChI=1S/C8H14INO4/c1-3-14-7(11)6(4-5-9)10-8(12)13-2/h6H,3-5H2,1-2H3,(H,10,12)/t6-/m0/s1. The molecular weight excluding hydrogens is 301 g/mol. The Kier molecular flexibility index (Phi) is 7.54. The Morgan fingerprint density at radius 3 is 2.57 bits per heavy atom. The number of hydrogen-bond donors (Lipinski definition) is 1. The minimum absolute atomic E-state index is 0.305. The van der Waals surface area contributed by atoms with Crippen LogP contribution in [0.15, 0.2) is 0 Å². The smallest absolute Gasteiger partial charge is 0.407 e. The maximum Gasteiger partial charge on any atom is 0.407 e. The molecule has 6 heteroatoms. The van der Waals surface area contributed by atoms with Crippen molar-refractivity contribution in [3.05, 3.63) is 0 Å². The summed E-state index contributed by atoms with van der Waals surface area (Å²) in [5, 5.41) is 2.41. The molecule has 0 radical (unpaired) electrons. The van der Waals surface area contributed by atoms with Gasteiger partial charge in [-0.1, -0.05) is 22.6 Å². The van der Waals surface area contributed by atoms with Crippen LogP contribution in [0, 0.1) is 0 Å². The number of carbonyl (C=O) groups excluding carboxylic acids is 2. The van der Waals surface area contributed by atoms with E-state index in [-0.39, 0.29) is 0 Å². The van der Waals surface area contributed by atoms with Crippen molar-refractivity contribution in [2.75, 3.05) is 18.1 Å². The lowest BCUT2D eigenvalue weighted by Gasteiger charge is -2.14. The van der Waals surface area contributed by atoms with Gasteiger partial charge in [0.1, 0.15) is 6.04 Å². The van der Waals surface area contributed by atoms with E-state index in [9.17, 15) is 9.59 Å². The maximum absolute atomic E-state index is 11.3. The molecule has 0 heterocycles.